The summed E-state index contributed by atoms with van der Waals surface area (Å²) < 4.78 is 0. The third-order valence-electron chi connectivity index (χ3n) is 3.57. The molecule has 0 aliphatic heterocycles. The number of pyridine rings is 1. The van der Waals surface area contributed by atoms with Crippen LogP contribution in [-0.2, 0) is 11.3 Å². The maximum absolute atomic E-state index is 12.5. The highest BCUT2D eigenvalue weighted by atomic mass is 35.5. The second-order valence-corrected chi connectivity index (χ2v) is 5.40. The molecule has 21 heavy (non-hydrogen) atoms. The number of anilines is 1. The summed E-state index contributed by atoms with van der Waals surface area (Å²) in [6.45, 7) is 2.64. The van der Waals surface area contributed by atoms with Crippen molar-refractivity contribution < 1.29 is 4.79 Å². The van der Waals surface area contributed by atoms with E-state index in [1.807, 2.05) is 48.4 Å². The molecule has 0 radical (unpaired) electrons. The van der Waals surface area contributed by atoms with E-state index in [9.17, 15) is 4.79 Å². The van der Waals surface area contributed by atoms with Gasteiger partial charge in [-0.2, -0.15) is 0 Å². The Bertz CT molecular complexity index is 611. The minimum absolute atomic E-state index is 0. The van der Waals surface area contributed by atoms with Crippen molar-refractivity contribution in [3.8, 4) is 0 Å². The lowest BCUT2D eigenvalue weighted by molar-refractivity contribution is -0.119. The Kier molecular flexibility index (Phi) is 4.97. The van der Waals surface area contributed by atoms with E-state index >= 15 is 0 Å². The van der Waals surface area contributed by atoms with Gasteiger partial charge in [0, 0.05) is 24.0 Å². The Hall–Kier alpha value is -1.87. The van der Waals surface area contributed by atoms with Crippen LogP contribution in [0.1, 0.15) is 24.0 Å². The quantitative estimate of drug-likeness (QED) is 0.861. The number of hydrogen-bond acceptors (Lipinski definition) is 2. The summed E-state index contributed by atoms with van der Waals surface area (Å²) in [4.78, 5) is 18.5. The van der Waals surface area contributed by atoms with Crippen LogP contribution in [0.25, 0.3) is 0 Å². The van der Waals surface area contributed by atoms with Crippen molar-refractivity contribution >= 4 is 24.0 Å². The van der Waals surface area contributed by atoms with Crippen molar-refractivity contribution in [1.29, 1.82) is 0 Å². The molecule has 0 atom stereocenters. The monoisotopic (exact) mass is 302 g/mol. The molecule has 1 saturated carbocycles. The molecule has 3 nitrogen and oxygen atoms in total. The van der Waals surface area contributed by atoms with Crippen molar-refractivity contribution in [1.82, 2.24) is 4.98 Å². The second-order valence-electron chi connectivity index (χ2n) is 5.40. The molecule has 0 saturated heterocycles. The molecule has 110 valence electrons. The molecule has 1 fully saturated rings. The summed E-state index contributed by atoms with van der Waals surface area (Å²) in [5, 5.41) is 0. The van der Waals surface area contributed by atoms with Crippen LogP contribution in [0, 0.1) is 12.8 Å². The van der Waals surface area contributed by atoms with E-state index in [1.165, 1.54) is 5.56 Å². The molecule has 4 heteroatoms. The Balaban J connectivity index is 0.00000161. The second kappa shape index (κ2) is 6.72. The fourth-order valence-electron chi connectivity index (χ4n) is 2.32. The van der Waals surface area contributed by atoms with E-state index in [-0.39, 0.29) is 24.2 Å². The lowest BCUT2D eigenvalue weighted by Crippen LogP contribution is -2.31. The molecule has 0 spiro atoms. The van der Waals surface area contributed by atoms with E-state index in [0.717, 1.165) is 24.1 Å². The lowest BCUT2D eigenvalue weighted by Gasteiger charge is -2.23. The number of halogens is 1. The van der Waals surface area contributed by atoms with Gasteiger partial charge in [0.25, 0.3) is 0 Å². The highest BCUT2D eigenvalue weighted by Crippen LogP contribution is 2.33. The van der Waals surface area contributed by atoms with Gasteiger partial charge in [-0.1, -0.05) is 18.2 Å². The topological polar surface area (TPSA) is 33.2 Å². The number of amides is 1. The molecule has 3 rings (SSSR count). The third-order valence-corrected chi connectivity index (χ3v) is 3.57. The summed E-state index contributed by atoms with van der Waals surface area (Å²) in [5.41, 5.74) is 3.20. The van der Waals surface area contributed by atoms with E-state index in [4.69, 9.17) is 0 Å². The van der Waals surface area contributed by atoms with E-state index in [1.54, 1.807) is 6.20 Å². The van der Waals surface area contributed by atoms with Crippen molar-refractivity contribution in [3.05, 3.63) is 59.9 Å². The fraction of sp³-hybridized carbons (Fsp3) is 0.294. The van der Waals surface area contributed by atoms with E-state index in [0.29, 0.717) is 6.54 Å². The van der Waals surface area contributed by atoms with Crippen LogP contribution < -0.4 is 4.90 Å². The molecule has 0 bridgehead atoms. The Morgan fingerprint density at radius 1 is 1.29 bits per heavy atom. The van der Waals surface area contributed by atoms with Crippen LogP contribution >= 0.6 is 12.4 Å². The summed E-state index contributed by atoms with van der Waals surface area (Å²) in [6, 6.07) is 12.0. The molecule has 1 heterocycles. The van der Waals surface area contributed by atoms with Gasteiger partial charge >= 0.3 is 0 Å². The maximum Gasteiger partial charge on any atom is 0.230 e. The van der Waals surface area contributed by atoms with Crippen molar-refractivity contribution in [2.45, 2.75) is 26.3 Å². The van der Waals surface area contributed by atoms with Crippen LogP contribution in [0.4, 0.5) is 5.69 Å². The van der Waals surface area contributed by atoms with Gasteiger partial charge in [-0.15, -0.1) is 12.4 Å². The zero-order valence-corrected chi connectivity index (χ0v) is 12.8. The standard InChI is InChI=1S/C17H18N2O.ClH/c1-13-4-2-6-16(10-13)19(17(20)15-7-8-15)12-14-5-3-9-18-11-14;/h2-6,9-11,15H,7-8,12H2,1H3;1H. The SMILES string of the molecule is Cc1cccc(N(Cc2cccnc2)C(=O)C2CC2)c1.Cl. The normalized spacial score (nSPS) is 13.4. The van der Waals surface area contributed by atoms with Gasteiger partial charge in [-0.05, 0) is 49.1 Å². The molecule has 1 aliphatic carbocycles. The number of rotatable bonds is 4. The number of hydrogen-bond donors (Lipinski definition) is 0. The number of carbonyl (C=O) groups excluding carboxylic acids is 1. The van der Waals surface area contributed by atoms with E-state index in [2.05, 4.69) is 11.1 Å². The first kappa shape index (κ1) is 15.5. The zero-order valence-electron chi connectivity index (χ0n) is 12.0. The van der Waals surface area contributed by atoms with Gasteiger partial charge in [-0.3, -0.25) is 9.78 Å². The summed E-state index contributed by atoms with van der Waals surface area (Å²) in [5.74, 6) is 0.451. The number of benzene rings is 1. The maximum atomic E-state index is 12.5. The van der Waals surface area contributed by atoms with Crippen molar-refractivity contribution in [2.75, 3.05) is 4.90 Å². The van der Waals surface area contributed by atoms with Gasteiger partial charge in [-0.25, -0.2) is 0 Å². The first-order valence-corrected chi connectivity index (χ1v) is 7.01. The van der Waals surface area contributed by atoms with Gasteiger partial charge < -0.3 is 4.90 Å². The summed E-state index contributed by atoms with van der Waals surface area (Å²) >= 11 is 0. The molecular formula is C17H19ClN2O. The van der Waals surface area contributed by atoms with Crippen LogP contribution in [0.5, 0.6) is 0 Å². The largest absolute Gasteiger partial charge is 0.308 e. The molecule has 1 aromatic carbocycles. The van der Waals surface area contributed by atoms with Crippen molar-refractivity contribution in [3.63, 3.8) is 0 Å². The predicted octanol–water partition coefficient (Wildman–Crippen LogP) is 3.76. The smallest absolute Gasteiger partial charge is 0.230 e. The average Bonchev–Trinajstić information content (AvgIpc) is 3.30. The Morgan fingerprint density at radius 2 is 2.10 bits per heavy atom. The van der Waals surface area contributed by atoms with Crippen LogP contribution in [0.15, 0.2) is 48.8 Å². The van der Waals surface area contributed by atoms with Crippen molar-refractivity contribution in [2.24, 2.45) is 5.92 Å². The average molecular weight is 303 g/mol. The minimum atomic E-state index is 0. The number of nitrogens with zero attached hydrogens (tertiary/aromatic N) is 2. The van der Waals surface area contributed by atoms with Gasteiger partial charge in [0.2, 0.25) is 5.91 Å². The fourth-order valence-corrected chi connectivity index (χ4v) is 2.32. The van der Waals surface area contributed by atoms with Crippen LogP contribution in [0.3, 0.4) is 0 Å². The first-order valence-electron chi connectivity index (χ1n) is 7.01. The summed E-state index contributed by atoms with van der Waals surface area (Å²) in [7, 11) is 0. The molecule has 1 aliphatic rings. The highest BCUT2D eigenvalue weighted by Gasteiger charge is 2.34. The zero-order chi connectivity index (χ0) is 13.9. The Labute approximate surface area is 131 Å². The Morgan fingerprint density at radius 3 is 2.71 bits per heavy atom. The molecule has 1 amide bonds. The lowest BCUT2D eigenvalue weighted by atomic mass is 10.1. The third kappa shape index (κ3) is 3.82. The van der Waals surface area contributed by atoms with Gasteiger partial charge in [0.1, 0.15) is 0 Å². The number of aromatic nitrogens is 1. The number of aryl methyl sites for hydroxylation is 1. The molecule has 1 aromatic heterocycles. The predicted molar refractivity (Wildman–Crippen MR) is 86.6 cm³/mol. The van der Waals surface area contributed by atoms with Gasteiger partial charge in [0.05, 0.1) is 6.54 Å². The molecule has 2 aromatic rings. The first-order chi connectivity index (χ1) is 9.74. The van der Waals surface area contributed by atoms with Crippen LogP contribution in [0.2, 0.25) is 0 Å². The van der Waals surface area contributed by atoms with Crippen LogP contribution in [-0.4, -0.2) is 10.9 Å². The van der Waals surface area contributed by atoms with E-state index < -0.39 is 0 Å². The van der Waals surface area contributed by atoms with Gasteiger partial charge in [0.15, 0.2) is 0 Å². The number of carbonyl (C=O) groups is 1. The summed E-state index contributed by atoms with van der Waals surface area (Å²) in [6.07, 6.45) is 5.62. The minimum Gasteiger partial charge on any atom is -0.308 e. The molecule has 0 unspecified atom stereocenters. The highest BCUT2D eigenvalue weighted by molar-refractivity contribution is 5.96. The molecule has 0 N–H and O–H groups in total. The molecular weight excluding hydrogens is 284 g/mol.